The Morgan fingerprint density at radius 2 is 2.50 bits per heavy atom. The maximum atomic E-state index is 4.20. The Morgan fingerprint density at radius 3 is 2.90 bits per heavy atom. The molecule has 2 nitrogen and oxygen atoms in total. The zero-order valence-electron chi connectivity index (χ0n) is 6.46. The van der Waals surface area contributed by atoms with Crippen LogP contribution in [0.25, 0.3) is 6.08 Å². The second-order valence-electron chi connectivity index (χ2n) is 2.27. The number of rotatable bonds is 2. The van der Waals surface area contributed by atoms with Crippen LogP contribution < -0.4 is 0 Å². The van der Waals surface area contributed by atoms with E-state index in [-0.39, 0.29) is 0 Å². The summed E-state index contributed by atoms with van der Waals surface area (Å²) in [6.07, 6.45) is 4.84. The molecule has 0 aromatic carbocycles. The van der Waals surface area contributed by atoms with Gasteiger partial charge in [0.2, 0.25) is 0 Å². The lowest BCUT2D eigenvalue weighted by Gasteiger charge is -1.86. The molecule has 0 saturated heterocycles. The van der Waals surface area contributed by atoms with Gasteiger partial charge in [-0.25, -0.2) is 0 Å². The molecule has 0 fully saturated rings. The van der Waals surface area contributed by atoms with Gasteiger partial charge in [0.25, 0.3) is 0 Å². The van der Waals surface area contributed by atoms with E-state index < -0.39 is 0 Å². The lowest BCUT2D eigenvalue weighted by Crippen LogP contribution is -1.86. The molecule has 1 aromatic rings. The van der Waals surface area contributed by atoms with Crippen LogP contribution in [0.1, 0.15) is 18.2 Å². The third-order valence-corrected chi connectivity index (χ3v) is 1.51. The molecule has 1 rings (SSSR count). The van der Waals surface area contributed by atoms with Crippen molar-refractivity contribution in [1.29, 1.82) is 0 Å². The van der Waals surface area contributed by atoms with E-state index in [0.717, 1.165) is 12.1 Å². The smallest absolute Gasteiger partial charge is 0.0876 e. The van der Waals surface area contributed by atoms with Crippen LogP contribution in [0.5, 0.6) is 0 Å². The first-order valence-corrected chi connectivity index (χ1v) is 3.43. The molecule has 1 heterocycles. The Balaban J connectivity index is 3.08. The Hall–Kier alpha value is -1.05. The van der Waals surface area contributed by atoms with Crippen molar-refractivity contribution in [2.75, 3.05) is 0 Å². The van der Waals surface area contributed by atoms with E-state index in [1.165, 1.54) is 5.56 Å². The number of aryl methyl sites for hydroxylation is 2. The van der Waals surface area contributed by atoms with Crippen molar-refractivity contribution in [3.63, 3.8) is 0 Å². The molecule has 0 bridgehead atoms. The van der Waals surface area contributed by atoms with Crippen LogP contribution in [0, 0.1) is 0 Å². The molecule has 0 aliphatic rings. The molecular formula is C8H12N2. The van der Waals surface area contributed by atoms with Gasteiger partial charge < -0.3 is 0 Å². The zero-order chi connectivity index (χ0) is 7.56. The fraction of sp³-hybridized carbons (Fsp3) is 0.375. The van der Waals surface area contributed by atoms with Gasteiger partial charge in [0.15, 0.2) is 0 Å². The third-order valence-electron chi connectivity index (χ3n) is 1.51. The fourth-order valence-electron chi connectivity index (χ4n) is 0.999. The molecule has 0 unspecified atom stereocenters. The average molecular weight is 136 g/mol. The van der Waals surface area contributed by atoms with E-state index in [4.69, 9.17) is 0 Å². The molecule has 0 saturated carbocycles. The van der Waals surface area contributed by atoms with E-state index in [9.17, 15) is 0 Å². The number of hydrogen-bond donors (Lipinski definition) is 0. The maximum absolute atomic E-state index is 4.20. The first kappa shape index (κ1) is 7.06. The molecule has 10 heavy (non-hydrogen) atoms. The van der Waals surface area contributed by atoms with Crippen LogP contribution in [0.2, 0.25) is 0 Å². The summed E-state index contributed by atoms with van der Waals surface area (Å²) in [6.45, 7) is 5.79. The predicted octanol–water partition coefficient (Wildman–Crippen LogP) is 1.63. The molecule has 0 spiro atoms. The van der Waals surface area contributed by atoms with E-state index in [0.29, 0.717) is 0 Å². The Labute approximate surface area is 61.2 Å². The second-order valence-corrected chi connectivity index (χ2v) is 2.27. The predicted molar refractivity (Wildman–Crippen MR) is 42.7 cm³/mol. The van der Waals surface area contributed by atoms with Crippen molar-refractivity contribution >= 4 is 6.08 Å². The standard InChI is InChI=1S/C8H12N2/c1-4-7-6-10(3)9-8(7)5-2/h5-6H,2,4H2,1,3H3. The normalized spacial score (nSPS) is 9.80. The molecule has 0 amide bonds. The van der Waals surface area contributed by atoms with Crippen molar-refractivity contribution in [3.05, 3.63) is 24.0 Å². The Morgan fingerprint density at radius 1 is 1.80 bits per heavy atom. The summed E-state index contributed by atoms with van der Waals surface area (Å²) in [5.41, 5.74) is 2.27. The highest BCUT2D eigenvalue weighted by Gasteiger charge is 1.99. The van der Waals surface area contributed by atoms with E-state index in [2.05, 4.69) is 18.6 Å². The minimum atomic E-state index is 1.00. The first-order chi connectivity index (χ1) is 4.77. The highest BCUT2D eigenvalue weighted by atomic mass is 15.2. The lowest BCUT2D eigenvalue weighted by molar-refractivity contribution is 0.764. The monoisotopic (exact) mass is 136 g/mol. The highest BCUT2D eigenvalue weighted by molar-refractivity contribution is 5.45. The molecule has 0 radical (unpaired) electrons. The Bertz CT molecular complexity index is 235. The number of nitrogens with zero attached hydrogens (tertiary/aromatic N) is 2. The zero-order valence-corrected chi connectivity index (χ0v) is 6.46. The maximum Gasteiger partial charge on any atom is 0.0876 e. The van der Waals surface area contributed by atoms with E-state index in [1.807, 2.05) is 17.9 Å². The summed E-state index contributed by atoms with van der Waals surface area (Å²) >= 11 is 0. The molecule has 0 aliphatic carbocycles. The largest absolute Gasteiger partial charge is 0.275 e. The van der Waals surface area contributed by atoms with Crippen LogP contribution >= 0.6 is 0 Å². The molecular weight excluding hydrogens is 124 g/mol. The van der Waals surface area contributed by atoms with Gasteiger partial charge in [-0.15, -0.1) is 0 Å². The van der Waals surface area contributed by atoms with Crippen molar-refractivity contribution < 1.29 is 0 Å². The second kappa shape index (κ2) is 2.69. The first-order valence-electron chi connectivity index (χ1n) is 3.43. The van der Waals surface area contributed by atoms with Gasteiger partial charge in [0, 0.05) is 13.2 Å². The van der Waals surface area contributed by atoms with Crippen LogP contribution in [0.4, 0.5) is 0 Å². The lowest BCUT2D eigenvalue weighted by atomic mass is 10.2. The van der Waals surface area contributed by atoms with E-state index >= 15 is 0 Å². The summed E-state index contributed by atoms with van der Waals surface area (Å²) < 4.78 is 1.82. The van der Waals surface area contributed by atoms with Gasteiger partial charge in [-0.05, 0) is 18.1 Å². The number of hydrogen-bond acceptors (Lipinski definition) is 1. The van der Waals surface area contributed by atoms with Crippen molar-refractivity contribution in [1.82, 2.24) is 9.78 Å². The minimum Gasteiger partial charge on any atom is -0.275 e. The van der Waals surface area contributed by atoms with Crippen molar-refractivity contribution in [2.45, 2.75) is 13.3 Å². The fourth-order valence-corrected chi connectivity index (χ4v) is 0.999. The van der Waals surface area contributed by atoms with Crippen LogP contribution in [0.3, 0.4) is 0 Å². The van der Waals surface area contributed by atoms with Gasteiger partial charge in [0.1, 0.15) is 0 Å². The molecule has 0 aliphatic heterocycles. The summed E-state index contributed by atoms with van der Waals surface area (Å²) in [5.74, 6) is 0. The van der Waals surface area contributed by atoms with Gasteiger partial charge in [-0.2, -0.15) is 5.10 Å². The van der Waals surface area contributed by atoms with Gasteiger partial charge >= 0.3 is 0 Å². The topological polar surface area (TPSA) is 17.8 Å². The minimum absolute atomic E-state index is 1.00. The molecule has 0 N–H and O–H groups in total. The van der Waals surface area contributed by atoms with Crippen LogP contribution in [-0.4, -0.2) is 9.78 Å². The van der Waals surface area contributed by atoms with Gasteiger partial charge in [-0.3, -0.25) is 4.68 Å². The third kappa shape index (κ3) is 1.10. The molecule has 2 heteroatoms. The van der Waals surface area contributed by atoms with E-state index in [1.54, 1.807) is 6.08 Å². The average Bonchev–Trinajstić information content (AvgIpc) is 2.30. The molecule has 54 valence electrons. The molecule has 1 aromatic heterocycles. The van der Waals surface area contributed by atoms with Crippen LogP contribution in [0.15, 0.2) is 12.8 Å². The summed E-state index contributed by atoms with van der Waals surface area (Å²) in [5, 5.41) is 4.20. The SMILES string of the molecule is C=Cc1nn(C)cc1CC. The van der Waals surface area contributed by atoms with Crippen molar-refractivity contribution in [3.8, 4) is 0 Å². The Kier molecular flexibility index (Phi) is 1.90. The summed E-state index contributed by atoms with van der Waals surface area (Å²) in [4.78, 5) is 0. The van der Waals surface area contributed by atoms with Gasteiger partial charge in [0.05, 0.1) is 5.69 Å². The molecule has 0 atom stereocenters. The van der Waals surface area contributed by atoms with Crippen LogP contribution in [-0.2, 0) is 13.5 Å². The quantitative estimate of drug-likeness (QED) is 0.604. The summed E-state index contributed by atoms with van der Waals surface area (Å²) in [6, 6.07) is 0. The highest BCUT2D eigenvalue weighted by Crippen LogP contribution is 2.07. The number of aromatic nitrogens is 2. The summed E-state index contributed by atoms with van der Waals surface area (Å²) in [7, 11) is 1.92. The van der Waals surface area contributed by atoms with Gasteiger partial charge in [-0.1, -0.05) is 13.5 Å². The van der Waals surface area contributed by atoms with Crippen molar-refractivity contribution in [2.24, 2.45) is 7.05 Å².